The van der Waals surface area contributed by atoms with Crippen molar-refractivity contribution in [2.45, 2.75) is 6.18 Å². The molecule has 0 fully saturated rings. The van der Waals surface area contributed by atoms with E-state index < -0.39 is 11.9 Å². The van der Waals surface area contributed by atoms with Gasteiger partial charge in [0, 0.05) is 27.2 Å². The summed E-state index contributed by atoms with van der Waals surface area (Å²) in [6.45, 7) is 0. The molecular formula is C7H10F3N3. The van der Waals surface area contributed by atoms with Crippen LogP contribution in [0, 0.1) is 0 Å². The van der Waals surface area contributed by atoms with E-state index in [-0.39, 0.29) is 0 Å². The molecule has 1 heterocycles. The zero-order valence-corrected chi connectivity index (χ0v) is 7.55. The second kappa shape index (κ2) is 2.93. The van der Waals surface area contributed by atoms with Gasteiger partial charge in [-0.2, -0.15) is 18.3 Å². The molecule has 0 bridgehead atoms. The SMILES string of the molecule is CN(C)c1cc(C(F)(F)F)nn1C. The van der Waals surface area contributed by atoms with Crippen molar-refractivity contribution in [3.05, 3.63) is 11.8 Å². The fourth-order valence-corrected chi connectivity index (χ4v) is 1.01. The fourth-order valence-electron chi connectivity index (χ4n) is 1.01. The average Bonchev–Trinajstić information content (AvgIpc) is 2.29. The van der Waals surface area contributed by atoms with E-state index in [1.807, 2.05) is 0 Å². The molecule has 1 aromatic rings. The number of alkyl halides is 3. The van der Waals surface area contributed by atoms with Crippen LogP contribution in [0.4, 0.5) is 19.0 Å². The third kappa shape index (κ3) is 1.93. The molecule has 0 N–H and O–H groups in total. The van der Waals surface area contributed by atoms with Gasteiger partial charge in [-0.3, -0.25) is 4.68 Å². The quantitative estimate of drug-likeness (QED) is 0.674. The normalized spacial score (nSPS) is 11.8. The Morgan fingerprint density at radius 2 is 1.92 bits per heavy atom. The smallest absolute Gasteiger partial charge is 0.363 e. The van der Waals surface area contributed by atoms with Crippen molar-refractivity contribution in [1.29, 1.82) is 0 Å². The number of aromatic nitrogens is 2. The van der Waals surface area contributed by atoms with Gasteiger partial charge in [-0.15, -0.1) is 0 Å². The highest BCUT2D eigenvalue weighted by molar-refractivity contribution is 5.39. The maximum absolute atomic E-state index is 12.2. The number of hydrogen-bond donors (Lipinski definition) is 0. The monoisotopic (exact) mass is 193 g/mol. The molecule has 3 nitrogen and oxygen atoms in total. The molecule has 0 spiro atoms. The van der Waals surface area contributed by atoms with Crippen LogP contribution in [0.5, 0.6) is 0 Å². The largest absolute Gasteiger partial charge is 0.435 e. The first-order valence-corrected chi connectivity index (χ1v) is 3.61. The maximum atomic E-state index is 12.2. The number of hydrogen-bond acceptors (Lipinski definition) is 2. The van der Waals surface area contributed by atoms with Crippen molar-refractivity contribution in [2.75, 3.05) is 19.0 Å². The summed E-state index contributed by atoms with van der Waals surface area (Å²) in [6.07, 6.45) is -4.37. The lowest BCUT2D eigenvalue weighted by Gasteiger charge is -2.10. The first-order chi connectivity index (χ1) is 5.82. The first kappa shape index (κ1) is 9.88. The molecule has 0 aliphatic heterocycles. The minimum atomic E-state index is -4.37. The van der Waals surface area contributed by atoms with Gasteiger partial charge in [0.15, 0.2) is 5.69 Å². The summed E-state index contributed by atoms with van der Waals surface area (Å²) in [6, 6.07) is 1.01. The lowest BCUT2D eigenvalue weighted by atomic mass is 10.4. The molecule has 74 valence electrons. The average molecular weight is 193 g/mol. The minimum absolute atomic E-state index is 0.423. The van der Waals surface area contributed by atoms with Crippen LogP contribution in [0.1, 0.15) is 5.69 Å². The molecule has 0 unspecified atom stereocenters. The van der Waals surface area contributed by atoms with E-state index in [2.05, 4.69) is 5.10 Å². The minimum Gasteiger partial charge on any atom is -0.363 e. The van der Waals surface area contributed by atoms with E-state index in [4.69, 9.17) is 0 Å². The van der Waals surface area contributed by atoms with Crippen molar-refractivity contribution in [1.82, 2.24) is 9.78 Å². The molecule has 0 aliphatic rings. The van der Waals surface area contributed by atoms with E-state index in [1.165, 1.54) is 11.7 Å². The predicted octanol–water partition coefficient (Wildman–Crippen LogP) is 1.50. The van der Waals surface area contributed by atoms with Crippen LogP contribution in [0.3, 0.4) is 0 Å². The molecule has 0 aliphatic carbocycles. The Balaban J connectivity index is 3.10. The zero-order valence-electron chi connectivity index (χ0n) is 7.55. The van der Waals surface area contributed by atoms with E-state index in [0.717, 1.165) is 6.07 Å². The Morgan fingerprint density at radius 3 is 2.15 bits per heavy atom. The summed E-state index contributed by atoms with van der Waals surface area (Å²) in [5, 5.41) is 3.35. The Hall–Kier alpha value is -1.20. The number of halogens is 3. The lowest BCUT2D eigenvalue weighted by Crippen LogP contribution is -2.12. The number of aryl methyl sites for hydroxylation is 1. The molecule has 0 saturated carbocycles. The summed E-state index contributed by atoms with van der Waals surface area (Å²) in [7, 11) is 4.80. The predicted molar refractivity (Wildman–Crippen MR) is 42.5 cm³/mol. The number of anilines is 1. The fraction of sp³-hybridized carbons (Fsp3) is 0.571. The second-order valence-electron chi connectivity index (χ2n) is 2.90. The Labute approximate surface area is 73.8 Å². The van der Waals surface area contributed by atoms with Gasteiger partial charge in [0.05, 0.1) is 0 Å². The van der Waals surface area contributed by atoms with Crippen molar-refractivity contribution in [2.24, 2.45) is 7.05 Å². The van der Waals surface area contributed by atoms with E-state index in [0.29, 0.717) is 5.82 Å². The first-order valence-electron chi connectivity index (χ1n) is 3.61. The Morgan fingerprint density at radius 1 is 1.38 bits per heavy atom. The van der Waals surface area contributed by atoms with Crippen LogP contribution < -0.4 is 4.90 Å². The third-order valence-electron chi connectivity index (χ3n) is 1.60. The molecular weight excluding hydrogens is 183 g/mol. The Bertz CT molecular complexity index is 300. The standard InChI is InChI=1S/C7H10F3N3/c1-12(2)6-4-5(7(8,9)10)11-13(6)3/h4H,1-3H3. The highest BCUT2D eigenvalue weighted by atomic mass is 19.4. The lowest BCUT2D eigenvalue weighted by molar-refractivity contribution is -0.141. The van der Waals surface area contributed by atoms with Gasteiger partial charge < -0.3 is 4.90 Å². The van der Waals surface area contributed by atoms with Crippen LogP contribution in [0.25, 0.3) is 0 Å². The summed E-state index contributed by atoms with van der Waals surface area (Å²) in [5.41, 5.74) is -0.862. The highest BCUT2D eigenvalue weighted by Crippen LogP contribution is 2.30. The third-order valence-corrected chi connectivity index (χ3v) is 1.60. The molecule has 1 aromatic heterocycles. The topological polar surface area (TPSA) is 21.1 Å². The summed E-state index contributed by atoms with van der Waals surface area (Å²) in [5.74, 6) is 0.423. The van der Waals surface area contributed by atoms with Crippen molar-refractivity contribution < 1.29 is 13.2 Å². The number of rotatable bonds is 1. The molecule has 1 rings (SSSR count). The van der Waals surface area contributed by atoms with Gasteiger partial charge in [-0.05, 0) is 0 Å². The van der Waals surface area contributed by atoms with Gasteiger partial charge in [0.2, 0.25) is 0 Å². The van der Waals surface area contributed by atoms with Gasteiger partial charge in [-0.25, -0.2) is 0 Å². The van der Waals surface area contributed by atoms with Crippen LogP contribution in [-0.2, 0) is 13.2 Å². The van der Waals surface area contributed by atoms with Crippen LogP contribution in [0.2, 0.25) is 0 Å². The highest BCUT2D eigenvalue weighted by Gasteiger charge is 2.34. The molecule has 13 heavy (non-hydrogen) atoms. The van der Waals surface area contributed by atoms with Crippen molar-refractivity contribution in [3.63, 3.8) is 0 Å². The van der Waals surface area contributed by atoms with Gasteiger partial charge in [0.1, 0.15) is 5.82 Å². The molecule has 0 radical (unpaired) electrons. The van der Waals surface area contributed by atoms with Crippen LogP contribution in [0.15, 0.2) is 6.07 Å². The van der Waals surface area contributed by atoms with Crippen molar-refractivity contribution >= 4 is 5.82 Å². The molecule has 0 saturated heterocycles. The second-order valence-corrected chi connectivity index (χ2v) is 2.90. The molecule has 0 aromatic carbocycles. The molecule has 0 amide bonds. The summed E-state index contributed by atoms with van der Waals surface area (Å²) < 4.78 is 37.6. The molecule has 6 heteroatoms. The van der Waals surface area contributed by atoms with E-state index >= 15 is 0 Å². The van der Waals surface area contributed by atoms with Crippen molar-refractivity contribution in [3.8, 4) is 0 Å². The van der Waals surface area contributed by atoms with Crippen LogP contribution >= 0.6 is 0 Å². The van der Waals surface area contributed by atoms with Gasteiger partial charge in [-0.1, -0.05) is 0 Å². The Kier molecular flexibility index (Phi) is 2.23. The molecule has 0 atom stereocenters. The van der Waals surface area contributed by atoms with E-state index in [1.54, 1.807) is 19.0 Å². The zero-order chi connectivity index (χ0) is 10.2. The maximum Gasteiger partial charge on any atom is 0.435 e. The summed E-state index contributed by atoms with van der Waals surface area (Å²) in [4.78, 5) is 1.57. The van der Waals surface area contributed by atoms with Gasteiger partial charge >= 0.3 is 6.18 Å². The summed E-state index contributed by atoms with van der Waals surface area (Å²) >= 11 is 0. The number of nitrogens with zero attached hydrogens (tertiary/aromatic N) is 3. The van der Waals surface area contributed by atoms with E-state index in [9.17, 15) is 13.2 Å². The van der Waals surface area contributed by atoms with Crippen LogP contribution in [-0.4, -0.2) is 23.9 Å². The van der Waals surface area contributed by atoms with Gasteiger partial charge in [0.25, 0.3) is 0 Å².